The molecule has 0 heterocycles. The minimum atomic E-state index is -1.03. The van der Waals surface area contributed by atoms with Gasteiger partial charge >= 0.3 is 6.09 Å². The Morgan fingerprint density at radius 1 is 1.44 bits per heavy atom. The highest BCUT2D eigenvalue weighted by Crippen LogP contribution is 2.25. The maximum atomic E-state index is 11.8. The molecule has 1 saturated carbocycles. The summed E-state index contributed by atoms with van der Waals surface area (Å²) in [6.45, 7) is 0. The molecule has 0 spiro atoms. The van der Waals surface area contributed by atoms with E-state index in [1.807, 2.05) is 0 Å². The number of nitrogens with one attached hydrogen (secondary N) is 1. The van der Waals surface area contributed by atoms with Crippen LogP contribution in [-0.4, -0.2) is 42.4 Å². The van der Waals surface area contributed by atoms with Crippen molar-refractivity contribution in [3.63, 3.8) is 0 Å². The van der Waals surface area contributed by atoms with E-state index < -0.39 is 6.09 Å². The molecule has 0 saturated heterocycles. The molecule has 2 N–H and O–H groups in total. The second kappa shape index (κ2) is 5.69. The van der Waals surface area contributed by atoms with Crippen molar-refractivity contribution in [1.82, 2.24) is 10.4 Å². The number of carbonyl (C=O) groups is 2. The van der Waals surface area contributed by atoms with Gasteiger partial charge in [0, 0.05) is 19.0 Å². The van der Waals surface area contributed by atoms with Gasteiger partial charge in [-0.3, -0.25) is 9.63 Å². The Labute approximate surface area is 94.5 Å². The first-order valence-electron chi connectivity index (χ1n) is 5.35. The lowest BCUT2D eigenvalue weighted by Crippen LogP contribution is -2.42. The van der Waals surface area contributed by atoms with Crippen LogP contribution in [-0.2, 0) is 9.63 Å². The molecule has 2 unspecified atom stereocenters. The molecular formula is C10H18N2O4. The minimum absolute atomic E-state index is 0.0839. The number of hydrogen-bond donors (Lipinski definition) is 2. The van der Waals surface area contributed by atoms with Gasteiger partial charge in [0.15, 0.2) is 0 Å². The highest BCUT2D eigenvalue weighted by molar-refractivity contribution is 5.77. The van der Waals surface area contributed by atoms with E-state index in [1.165, 1.54) is 12.2 Å². The summed E-state index contributed by atoms with van der Waals surface area (Å²) in [4.78, 5) is 27.1. The zero-order valence-corrected chi connectivity index (χ0v) is 9.60. The first-order valence-corrected chi connectivity index (χ1v) is 5.35. The third-order valence-electron chi connectivity index (χ3n) is 2.94. The summed E-state index contributed by atoms with van der Waals surface area (Å²) in [6.07, 6.45) is 1.98. The van der Waals surface area contributed by atoms with Crippen molar-refractivity contribution in [2.24, 2.45) is 5.92 Å². The van der Waals surface area contributed by atoms with Crippen LogP contribution >= 0.6 is 0 Å². The SMILES string of the molecule is CON(C)C(=O)C1CCCC(NC(=O)O)C1. The molecule has 6 nitrogen and oxygen atoms in total. The topological polar surface area (TPSA) is 78.9 Å². The fourth-order valence-electron chi connectivity index (χ4n) is 2.07. The summed E-state index contributed by atoms with van der Waals surface area (Å²) in [5, 5.41) is 12.2. The van der Waals surface area contributed by atoms with Gasteiger partial charge in [-0.25, -0.2) is 9.86 Å². The highest BCUT2D eigenvalue weighted by Gasteiger charge is 2.29. The Morgan fingerprint density at radius 3 is 2.69 bits per heavy atom. The van der Waals surface area contributed by atoms with Gasteiger partial charge < -0.3 is 10.4 Å². The average Bonchev–Trinajstić information content (AvgIpc) is 2.26. The molecule has 1 aliphatic rings. The molecule has 92 valence electrons. The first-order chi connectivity index (χ1) is 7.54. The second-order valence-corrected chi connectivity index (χ2v) is 4.03. The lowest BCUT2D eigenvalue weighted by Gasteiger charge is -2.30. The number of hydroxylamine groups is 2. The van der Waals surface area contributed by atoms with E-state index in [9.17, 15) is 9.59 Å². The van der Waals surface area contributed by atoms with Gasteiger partial charge in [0.25, 0.3) is 0 Å². The number of amides is 2. The standard InChI is InChI=1S/C10H18N2O4/c1-12(16-2)9(13)7-4-3-5-8(6-7)11-10(14)15/h7-8,11H,3-6H2,1-2H3,(H,14,15). The van der Waals surface area contributed by atoms with Gasteiger partial charge in [-0.15, -0.1) is 0 Å². The van der Waals surface area contributed by atoms with Gasteiger partial charge in [0.2, 0.25) is 5.91 Å². The Morgan fingerprint density at radius 2 is 2.12 bits per heavy atom. The van der Waals surface area contributed by atoms with Crippen LogP contribution in [0.5, 0.6) is 0 Å². The van der Waals surface area contributed by atoms with Gasteiger partial charge in [0.05, 0.1) is 7.11 Å². The molecule has 2 atom stereocenters. The first kappa shape index (κ1) is 12.8. The molecule has 1 aliphatic carbocycles. The zero-order valence-electron chi connectivity index (χ0n) is 9.60. The highest BCUT2D eigenvalue weighted by atomic mass is 16.7. The minimum Gasteiger partial charge on any atom is -0.465 e. The predicted molar refractivity (Wildman–Crippen MR) is 56.7 cm³/mol. The van der Waals surface area contributed by atoms with Crippen LogP contribution in [0.25, 0.3) is 0 Å². The van der Waals surface area contributed by atoms with Gasteiger partial charge in [0.1, 0.15) is 0 Å². The van der Waals surface area contributed by atoms with Crippen molar-refractivity contribution in [3.05, 3.63) is 0 Å². The van der Waals surface area contributed by atoms with Crippen molar-refractivity contribution >= 4 is 12.0 Å². The van der Waals surface area contributed by atoms with E-state index >= 15 is 0 Å². The van der Waals surface area contributed by atoms with Gasteiger partial charge in [-0.1, -0.05) is 6.42 Å². The van der Waals surface area contributed by atoms with Crippen LogP contribution in [0.4, 0.5) is 4.79 Å². The number of carbonyl (C=O) groups excluding carboxylic acids is 1. The lowest BCUT2D eigenvalue weighted by atomic mass is 9.85. The van der Waals surface area contributed by atoms with E-state index in [2.05, 4.69) is 5.32 Å². The van der Waals surface area contributed by atoms with Crippen molar-refractivity contribution in [2.45, 2.75) is 31.7 Å². The fraction of sp³-hybridized carbons (Fsp3) is 0.800. The average molecular weight is 230 g/mol. The Hall–Kier alpha value is -1.30. The quantitative estimate of drug-likeness (QED) is 0.704. The van der Waals surface area contributed by atoms with Gasteiger partial charge in [-0.05, 0) is 19.3 Å². The second-order valence-electron chi connectivity index (χ2n) is 4.03. The molecule has 1 fully saturated rings. The van der Waals surface area contributed by atoms with Crippen LogP contribution in [0.15, 0.2) is 0 Å². The van der Waals surface area contributed by atoms with E-state index in [4.69, 9.17) is 9.94 Å². The van der Waals surface area contributed by atoms with Crippen LogP contribution in [0.3, 0.4) is 0 Å². The zero-order chi connectivity index (χ0) is 12.1. The van der Waals surface area contributed by atoms with Crippen LogP contribution in [0.1, 0.15) is 25.7 Å². The molecule has 16 heavy (non-hydrogen) atoms. The molecule has 0 bridgehead atoms. The molecule has 1 rings (SSSR count). The Kier molecular flexibility index (Phi) is 4.54. The molecule has 0 aromatic rings. The molecule has 0 radical (unpaired) electrons. The lowest BCUT2D eigenvalue weighted by molar-refractivity contribution is -0.174. The van der Waals surface area contributed by atoms with Crippen LogP contribution in [0, 0.1) is 5.92 Å². The summed E-state index contributed by atoms with van der Waals surface area (Å²) < 4.78 is 0. The monoisotopic (exact) mass is 230 g/mol. The van der Waals surface area contributed by atoms with E-state index in [0.717, 1.165) is 19.3 Å². The number of hydrogen-bond acceptors (Lipinski definition) is 3. The molecule has 0 aliphatic heterocycles. The van der Waals surface area contributed by atoms with Crippen molar-refractivity contribution in [2.75, 3.05) is 14.2 Å². The molecule has 0 aromatic heterocycles. The van der Waals surface area contributed by atoms with Crippen LogP contribution < -0.4 is 5.32 Å². The Bertz CT molecular complexity index is 270. The third kappa shape index (κ3) is 3.37. The van der Waals surface area contributed by atoms with E-state index in [0.29, 0.717) is 6.42 Å². The third-order valence-corrected chi connectivity index (χ3v) is 2.94. The van der Waals surface area contributed by atoms with Crippen LogP contribution in [0.2, 0.25) is 0 Å². The normalized spacial score (nSPS) is 24.9. The smallest absolute Gasteiger partial charge is 0.404 e. The summed E-state index contributed by atoms with van der Waals surface area (Å²) in [7, 11) is 3.00. The fourth-order valence-corrected chi connectivity index (χ4v) is 2.07. The largest absolute Gasteiger partial charge is 0.465 e. The van der Waals surface area contributed by atoms with Crippen molar-refractivity contribution < 1.29 is 19.5 Å². The predicted octanol–water partition coefficient (Wildman–Crippen LogP) is 0.833. The molecule has 0 aromatic carbocycles. The summed E-state index contributed by atoms with van der Waals surface area (Å²) in [6, 6.07) is -0.120. The Balaban J connectivity index is 2.49. The summed E-state index contributed by atoms with van der Waals surface area (Å²) in [5.74, 6) is -0.227. The van der Waals surface area contributed by atoms with Gasteiger partial charge in [-0.2, -0.15) is 0 Å². The van der Waals surface area contributed by atoms with Crippen molar-refractivity contribution in [3.8, 4) is 0 Å². The van der Waals surface area contributed by atoms with Crippen molar-refractivity contribution in [1.29, 1.82) is 0 Å². The number of nitrogens with zero attached hydrogens (tertiary/aromatic N) is 1. The van der Waals surface area contributed by atoms with E-state index in [-0.39, 0.29) is 17.9 Å². The summed E-state index contributed by atoms with van der Waals surface area (Å²) >= 11 is 0. The molecule has 6 heteroatoms. The maximum absolute atomic E-state index is 11.8. The molecular weight excluding hydrogens is 212 g/mol. The number of carboxylic acid groups (broad SMARTS) is 1. The maximum Gasteiger partial charge on any atom is 0.404 e. The summed E-state index contributed by atoms with van der Waals surface area (Å²) in [5.41, 5.74) is 0. The molecule has 2 amide bonds. The number of rotatable bonds is 3. The van der Waals surface area contributed by atoms with E-state index in [1.54, 1.807) is 7.05 Å².